The van der Waals surface area contributed by atoms with Crippen LogP contribution in [0.3, 0.4) is 0 Å². The van der Waals surface area contributed by atoms with Crippen LogP contribution < -0.4 is 10.1 Å². The van der Waals surface area contributed by atoms with Crippen LogP contribution in [0.2, 0.25) is 5.15 Å². The first kappa shape index (κ1) is 15.8. The molecule has 1 amide bonds. The highest BCUT2D eigenvalue weighted by Gasteiger charge is 2.14. The van der Waals surface area contributed by atoms with E-state index in [1.807, 2.05) is 26.0 Å². The topological polar surface area (TPSA) is 51.2 Å². The number of anilines is 1. The van der Waals surface area contributed by atoms with Gasteiger partial charge >= 0.3 is 0 Å². The molecule has 0 saturated heterocycles. The molecular formula is C15H14BrClN2O2. The van der Waals surface area contributed by atoms with Crippen LogP contribution in [0, 0.1) is 0 Å². The van der Waals surface area contributed by atoms with E-state index < -0.39 is 0 Å². The third kappa shape index (κ3) is 4.19. The van der Waals surface area contributed by atoms with Crippen molar-refractivity contribution in [2.24, 2.45) is 0 Å². The van der Waals surface area contributed by atoms with Gasteiger partial charge in [0.2, 0.25) is 0 Å². The van der Waals surface area contributed by atoms with Crippen molar-refractivity contribution in [2.75, 3.05) is 5.32 Å². The van der Waals surface area contributed by atoms with Gasteiger partial charge in [-0.05, 0) is 48.0 Å². The summed E-state index contributed by atoms with van der Waals surface area (Å²) >= 11 is 9.23. The van der Waals surface area contributed by atoms with E-state index in [1.54, 1.807) is 18.2 Å². The molecule has 1 aromatic carbocycles. The molecule has 4 nitrogen and oxygen atoms in total. The van der Waals surface area contributed by atoms with Crippen molar-refractivity contribution in [3.05, 3.63) is 51.7 Å². The average Bonchev–Trinajstić information content (AvgIpc) is 2.43. The van der Waals surface area contributed by atoms with Crippen molar-refractivity contribution in [2.45, 2.75) is 20.0 Å². The zero-order chi connectivity index (χ0) is 15.4. The number of nitrogens with zero attached hydrogens (tertiary/aromatic N) is 1. The Hall–Kier alpha value is -1.59. The smallest absolute Gasteiger partial charge is 0.258 e. The van der Waals surface area contributed by atoms with Gasteiger partial charge in [0.15, 0.2) is 0 Å². The molecule has 0 bridgehead atoms. The summed E-state index contributed by atoms with van der Waals surface area (Å²) < 4.78 is 6.35. The van der Waals surface area contributed by atoms with Crippen LogP contribution in [0.15, 0.2) is 41.0 Å². The van der Waals surface area contributed by atoms with E-state index in [0.717, 1.165) is 0 Å². The Bertz CT molecular complexity index is 662. The number of benzene rings is 1. The fourth-order valence-corrected chi connectivity index (χ4v) is 2.22. The molecule has 1 aromatic heterocycles. The van der Waals surface area contributed by atoms with Crippen LogP contribution in [0.25, 0.3) is 0 Å². The van der Waals surface area contributed by atoms with Gasteiger partial charge in [0, 0.05) is 10.7 Å². The Kier molecular flexibility index (Phi) is 5.20. The van der Waals surface area contributed by atoms with E-state index in [1.165, 1.54) is 6.20 Å². The number of para-hydroxylation sites is 2. The molecule has 0 radical (unpaired) electrons. The third-order valence-electron chi connectivity index (χ3n) is 2.55. The fraction of sp³-hybridized carbons (Fsp3) is 0.200. The fourth-order valence-electron chi connectivity index (χ4n) is 1.70. The van der Waals surface area contributed by atoms with E-state index >= 15 is 0 Å². The molecule has 0 spiro atoms. The lowest BCUT2D eigenvalue weighted by Gasteiger charge is -2.15. The molecule has 0 aliphatic carbocycles. The molecule has 6 heteroatoms. The van der Waals surface area contributed by atoms with Gasteiger partial charge in [-0.1, -0.05) is 23.7 Å². The Morgan fingerprint density at radius 1 is 1.38 bits per heavy atom. The summed E-state index contributed by atoms with van der Waals surface area (Å²) in [4.78, 5) is 16.3. The quantitative estimate of drug-likeness (QED) is 0.805. The second kappa shape index (κ2) is 6.91. The zero-order valence-corrected chi connectivity index (χ0v) is 13.9. The predicted molar refractivity (Wildman–Crippen MR) is 87.1 cm³/mol. The molecule has 0 saturated carbocycles. The molecule has 0 aliphatic heterocycles. The van der Waals surface area contributed by atoms with E-state index in [4.69, 9.17) is 16.3 Å². The molecule has 0 unspecified atom stereocenters. The highest BCUT2D eigenvalue weighted by Crippen LogP contribution is 2.26. The number of rotatable bonds is 4. The van der Waals surface area contributed by atoms with E-state index in [-0.39, 0.29) is 17.2 Å². The number of amides is 1. The SMILES string of the molecule is CC(C)Oc1ccccc1NC(=O)c1cc(Br)cnc1Cl. The molecule has 110 valence electrons. The molecule has 0 fully saturated rings. The van der Waals surface area contributed by atoms with E-state index in [9.17, 15) is 4.79 Å². The van der Waals surface area contributed by atoms with Crippen LogP contribution in [-0.4, -0.2) is 17.0 Å². The summed E-state index contributed by atoms with van der Waals surface area (Å²) in [6.45, 7) is 3.85. The van der Waals surface area contributed by atoms with Crippen molar-refractivity contribution in [1.29, 1.82) is 0 Å². The van der Waals surface area contributed by atoms with Crippen molar-refractivity contribution in [3.63, 3.8) is 0 Å². The highest BCUT2D eigenvalue weighted by molar-refractivity contribution is 9.10. The first-order valence-corrected chi connectivity index (χ1v) is 7.52. The minimum Gasteiger partial charge on any atom is -0.489 e. The van der Waals surface area contributed by atoms with Gasteiger partial charge in [-0.15, -0.1) is 0 Å². The first-order valence-electron chi connectivity index (χ1n) is 6.35. The molecule has 2 aromatic rings. The number of carbonyl (C=O) groups excluding carboxylic acids is 1. The standard InChI is InChI=1S/C15H14BrClN2O2/c1-9(2)21-13-6-4-3-5-12(13)19-15(20)11-7-10(16)8-18-14(11)17/h3-9H,1-2H3,(H,19,20). The lowest BCUT2D eigenvalue weighted by molar-refractivity contribution is 0.102. The number of pyridine rings is 1. The minimum atomic E-state index is -0.339. The number of carbonyl (C=O) groups is 1. The number of hydrogen-bond donors (Lipinski definition) is 1. The Morgan fingerprint density at radius 3 is 2.81 bits per heavy atom. The molecule has 2 rings (SSSR count). The molecule has 1 heterocycles. The maximum atomic E-state index is 12.3. The Morgan fingerprint density at radius 2 is 2.10 bits per heavy atom. The lowest BCUT2D eigenvalue weighted by Crippen LogP contribution is -2.15. The largest absolute Gasteiger partial charge is 0.489 e. The Labute approximate surface area is 136 Å². The van der Waals surface area contributed by atoms with Crippen LogP contribution in [-0.2, 0) is 0 Å². The van der Waals surface area contributed by atoms with Crippen LogP contribution in [0.5, 0.6) is 5.75 Å². The number of halogens is 2. The minimum absolute atomic E-state index is 0.0131. The second-order valence-electron chi connectivity index (χ2n) is 4.61. The average molecular weight is 370 g/mol. The molecule has 0 atom stereocenters. The summed E-state index contributed by atoms with van der Waals surface area (Å²) in [7, 11) is 0. The predicted octanol–water partition coefficient (Wildman–Crippen LogP) is 4.54. The maximum Gasteiger partial charge on any atom is 0.258 e. The normalized spacial score (nSPS) is 10.5. The van der Waals surface area contributed by atoms with Gasteiger partial charge in [0.25, 0.3) is 5.91 Å². The summed E-state index contributed by atoms with van der Waals surface area (Å²) in [5.41, 5.74) is 0.887. The monoisotopic (exact) mass is 368 g/mol. The van der Waals surface area contributed by atoms with Crippen molar-refractivity contribution >= 4 is 39.1 Å². The lowest BCUT2D eigenvalue weighted by atomic mass is 10.2. The maximum absolute atomic E-state index is 12.3. The highest BCUT2D eigenvalue weighted by atomic mass is 79.9. The summed E-state index contributed by atoms with van der Waals surface area (Å²) in [6, 6.07) is 8.87. The van der Waals surface area contributed by atoms with Gasteiger partial charge in [0.05, 0.1) is 17.4 Å². The summed E-state index contributed by atoms with van der Waals surface area (Å²) in [5, 5.41) is 2.94. The van der Waals surface area contributed by atoms with Crippen LogP contribution >= 0.6 is 27.5 Å². The van der Waals surface area contributed by atoms with Crippen molar-refractivity contribution in [1.82, 2.24) is 4.98 Å². The van der Waals surface area contributed by atoms with Gasteiger partial charge in [-0.3, -0.25) is 4.79 Å². The Balaban J connectivity index is 2.25. The molecule has 21 heavy (non-hydrogen) atoms. The van der Waals surface area contributed by atoms with Crippen molar-refractivity contribution in [3.8, 4) is 5.75 Å². The van der Waals surface area contributed by atoms with E-state index in [0.29, 0.717) is 21.5 Å². The number of ether oxygens (including phenoxy) is 1. The van der Waals surface area contributed by atoms with Gasteiger partial charge in [-0.2, -0.15) is 0 Å². The van der Waals surface area contributed by atoms with Crippen molar-refractivity contribution < 1.29 is 9.53 Å². The molecule has 1 N–H and O–H groups in total. The van der Waals surface area contributed by atoms with Gasteiger partial charge in [-0.25, -0.2) is 4.98 Å². The number of nitrogens with one attached hydrogen (secondary N) is 1. The third-order valence-corrected chi connectivity index (χ3v) is 3.28. The van der Waals surface area contributed by atoms with Crippen LogP contribution in [0.1, 0.15) is 24.2 Å². The molecular weight excluding hydrogens is 356 g/mol. The second-order valence-corrected chi connectivity index (χ2v) is 5.88. The summed E-state index contributed by atoms with van der Waals surface area (Å²) in [6.07, 6.45) is 1.55. The van der Waals surface area contributed by atoms with Gasteiger partial charge in [0.1, 0.15) is 10.9 Å². The number of hydrogen-bond acceptors (Lipinski definition) is 3. The zero-order valence-electron chi connectivity index (χ0n) is 11.6. The van der Waals surface area contributed by atoms with Gasteiger partial charge < -0.3 is 10.1 Å². The van der Waals surface area contributed by atoms with E-state index in [2.05, 4.69) is 26.2 Å². The molecule has 0 aliphatic rings. The van der Waals surface area contributed by atoms with Crippen LogP contribution in [0.4, 0.5) is 5.69 Å². The number of aromatic nitrogens is 1. The summed E-state index contributed by atoms with van der Waals surface area (Å²) in [5.74, 6) is 0.272. The first-order chi connectivity index (χ1) is 9.97.